The van der Waals surface area contributed by atoms with Gasteiger partial charge in [0.25, 0.3) is 0 Å². The number of thiol groups is 2. The van der Waals surface area contributed by atoms with Crippen molar-refractivity contribution in [1.82, 2.24) is 0 Å². The highest BCUT2D eigenvalue weighted by molar-refractivity contribution is 7.82. The highest BCUT2D eigenvalue weighted by atomic mass is 32.1. The molecule has 6 heteroatoms. The molecular formula is C11H20O4S2. The van der Waals surface area contributed by atoms with Gasteiger partial charge in [-0.3, -0.25) is 9.59 Å². The summed E-state index contributed by atoms with van der Waals surface area (Å²) in [7, 11) is 0. The lowest BCUT2D eigenvalue weighted by Gasteiger charge is -2.21. The lowest BCUT2D eigenvalue weighted by molar-refractivity contribution is -0.160. The van der Waals surface area contributed by atoms with Gasteiger partial charge >= 0.3 is 11.9 Å². The smallest absolute Gasteiger partial charge is 0.321 e. The molecule has 0 aromatic rings. The van der Waals surface area contributed by atoms with Crippen molar-refractivity contribution in [2.75, 3.05) is 6.61 Å². The molecular weight excluding hydrogens is 260 g/mol. The van der Waals surface area contributed by atoms with Crippen LogP contribution < -0.4 is 0 Å². The fourth-order valence-corrected chi connectivity index (χ4v) is 0.848. The third kappa shape index (κ3) is 6.83. The minimum Gasteiger partial charge on any atom is -0.461 e. The van der Waals surface area contributed by atoms with Crippen molar-refractivity contribution in [3.05, 3.63) is 0 Å². The maximum absolute atomic E-state index is 11.5. The summed E-state index contributed by atoms with van der Waals surface area (Å²) in [5.41, 5.74) is 0. The van der Waals surface area contributed by atoms with E-state index in [2.05, 4.69) is 25.3 Å². The van der Waals surface area contributed by atoms with E-state index in [1.165, 1.54) is 0 Å². The van der Waals surface area contributed by atoms with Crippen LogP contribution >= 0.6 is 25.3 Å². The summed E-state index contributed by atoms with van der Waals surface area (Å²) in [5, 5.41) is 0. The van der Waals surface area contributed by atoms with Gasteiger partial charge in [0.15, 0.2) is 0 Å². The molecule has 0 fully saturated rings. The largest absolute Gasteiger partial charge is 0.461 e. The van der Waals surface area contributed by atoms with Gasteiger partial charge in [-0.05, 0) is 34.6 Å². The molecule has 0 aliphatic heterocycles. The third-order valence-electron chi connectivity index (χ3n) is 1.76. The zero-order valence-corrected chi connectivity index (χ0v) is 12.6. The van der Waals surface area contributed by atoms with Crippen molar-refractivity contribution >= 4 is 37.2 Å². The fourth-order valence-electron chi connectivity index (χ4n) is 0.731. The maximum atomic E-state index is 11.5. The minimum atomic E-state index is -0.860. The molecule has 1 unspecified atom stereocenters. The summed E-state index contributed by atoms with van der Waals surface area (Å²) in [6.07, 6.45) is -0.506. The van der Waals surface area contributed by atoms with E-state index in [0.29, 0.717) is 0 Å². The normalized spacial score (nSPS) is 14.1. The van der Waals surface area contributed by atoms with E-state index in [9.17, 15) is 9.59 Å². The van der Waals surface area contributed by atoms with Gasteiger partial charge in [0.1, 0.15) is 22.2 Å². The van der Waals surface area contributed by atoms with Gasteiger partial charge in [-0.1, -0.05) is 0 Å². The second-order valence-corrected chi connectivity index (χ2v) is 7.17. The number of rotatable bonds is 5. The summed E-state index contributed by atoms with van der Waals surface area (Å²) in [4.78, 5) is 22.9. The average molecular weight is 280 g/mol. The summed E-state index contributed by atoms with van der Waals surface area (Å²) in [6.45, 7) is 8.19. The van der Waals surface area contributed by atoms with Crippen LogP contribution in [0.3, 0.4) is 0 Å². The van der Waals surface area contributed by atoms with Crippen molar-refractivity contribution in [1.29, 1.82) is 0 Å². The first-order chi connectivity index (χ1) is 7.44. The predicted octanol–water partition coefficient (Wildman–Crippen LogP) is 1.88. The van der Waals surface area contributed by atoms with Crippen molar-refractivity contribution in [3.8, 4) is 0 Å². The molecule has 0 saturated carbocycles. The Balaban J connectivity index is 4.10. The van der Waals surface area contributed by atoms with Gasteiger partial charge in [0.05, 0.1) is 0 Å². The topological polar surface area (TPSA) is 52.6 Å². The average Bonchev–Trinajstić information content (AvgIpc) is 2.10. The van der Waals surface area contributed by atoms with Gasteiger partial charge in [-0.2, -0.15) is 25.3 Å². The molecule has 100 valence electrons. The Morgan fingerprint density at radius 2 is 1.47 bits per heavy atom. The van der Waals surface area contributed by atoms with E-state index < -0.39 is 27.5 Å². The van der Waals surface area contributed by atoms with Crippen molar-refractivity contribution in [2.45, 2.75) is 50.2 Å². The molecule has 0 spiro atoms. The molecule has 4 nitrogen and oxygen atoms in total. The van der Waals surface area contributed by atoms with Crippen LogP contribution in [0.5, 0.6) is 0 Å². The van der Waals surface area contributed by atoms with Crippen LogP contribution in [0.25, 0.3) is 0 Å². The first-order valence-electron chi connectivity index (χ1n) is 5.27. The number of hydrogen-bond donors (Lipinski definition) is 2. The van der Waals surface area contributed by atoms with Crippen LogP contribution in [-0.4, -0.2) is 34.1 Å². The molecule has 1 atom stereocenters. The van der Waals surface area contributed by atoms with Crippen LogP contribution in [0, 0.1) is 0 Å². The molecule has 0 saturated heterocycles. The molecule has 0 aliphatic rings. The Kier molecular flexibility index (Phi) is 5.87. The Morgan fingerprint density at radius 1 is 1.06 bits per heavy atom. The number of carbonyl (C=O) groups is 2. The molecule has 0 heterocycles. The third-order valence-corrected chi connectivity index (χ3v) is 2.12. The molecule has 0 bridgehead atoms. The molecule has 0 N–H and O–H groups in total. The second kappa shape index (κ2) is 6.00. The summed E-state index contributed by atoms with van der Waals surface area (Å²) >= 11 is 8.16. The number of esters is 2. The Hall–Kier alpha value is -0.360. The zero-order valence-electron chi connectivity index (χ0n) is 10.8. The van der Waals surface area contributed by atoms with E-state index in [1.54, 1.807) is 34.6 Å². The van der Waals surface area contributed by atoms with Gasteiger partial charge in [0, 0.05) is 0 Å². The van der Waals surface area contributed by atoms with E-state index in [1.807, 2.05) is 0 Å². The fraction of sp³-hybridized carbons (Fsp3) is 0.818. The lowest BCUT2D eigenvalue weighted by Crippen LogP contribution is -2.34. The molecule has 0 aromatic carbocycles. The SMILES string of the molecule is CC(COC(=O)C(C)(C)S)OC(=O)C(C)(C)S. The molecule has 0 rings (SSSR count). The van der Waals surface area contributed by atoms with E-state index in [4.69, 9.17) is 9.47 Å². The molecule has 17 heavy (non-hydrogen) atoms. The predicted molar refractivity (Wildman–Crippen MR) is 72.6 cm³/mol. The van der Waals surface area contributed by atoms with Crippen molar-refractivity contribution in [2.24, 2.45) is 0 Å². The van der Waals surface area contributed by atoms with Gasteiger partial charge < -0.3 is 9.47 Å². The second-order valence-electron chi connectivity index (χ2n) is 4.93. The van der Waals surface area contributed by atoms with Gasteiger partial charge in [0.2, 0.25) is 0 Å². The van der Waals surface area contributed by atoms with Crippen LogP contribution in [-0.2, 0) is 19.1 Å². The highest BCUT2D eigenvalue weighted by Gasteiger charge is 2.28. The Morgan fingerprint density at radius 3 is 1.82 bits per heavy atom. The first kappa shape index (κ1) is 16.6. The van der Waals surface area contributed by atoms with Crippen molar-refractivity contribution in [3.63, 3.8) is 0 Å². The summed E-state index contributed by atoms with van der Waals surface area (Å²) < 4.78 is 8.31. The standard InChI is InChI=1S/C11H20O4S2/c1-7(15-9(13)11(4,5)17)6-14-8(12)10(2,3)16/h7,16-17H,6H2,1-5H3. The Bertz CT molecular complexity index is 289. The van der Waals surface area contributed by atoms with E-state index >= 15 is 0 Å². The summed E-state index contributed by atoms with van der Waals surface area (Å²) in [5.74, 6) is -0.900. The van der Waals surface area contributed by atoms with Gasteiger partial charge in [-0.25, -0.2) is 0 Å². The maximum Gasteiger partial charge on any atom is 0.321 e. The lowest BCUT2D eigenvalue weighted by atomic mass is 10.2. The molecule has 0 aromatic heterocycles. The van der Waals surface area contributed by atoms with Crippen LogP contribution in [0.2, 0.25) is 0 Å². The van der Waals surface area contributed by atoms with Crippen LogP contribution in [0.4, 0.5) is 0 Å². The van der Waals surface area contributed by atoms with E-state index in [0.717, 1.165) is 0 Å². The van der Waals surface area contributed by atoms with Gasteiger partial charge in [-0.15, -0.1) is 0 Å². The first-order valence-corrected chi connectivity index (χ1v) is 6.17. The quantitative estimate of drug-likeness (QED) is 0.596. The van der Waals surface area contributed by atoms with Crippen LogP contribution in [0.15, 0.2) is 0 Å². The number of carbonyl (C=O) groups excluding carboxylic acids is 2. The molecule has 0 amide bonds. The van der Waals surface area contributed by atoms with Crippen molar-refractivity contribution < 1.29 is 19.1 Å². The van der Waals surface area contributed by atoms with E-state index in [-0.39, 0.29) is 6.61 Å². The number of hydrogen-bond acceptors (Lipinski definition) is 6. The highest BCUT2D eigenvalue weighted by Crippen LogP contribution is 2.16. The van der Waals surface area contributed by atoms with Crippen LogP contribution in [0.1, 0.15) is 34.6 Å². The zero-order chi connectivity index (χ0) is 13.9. The number of ether oxygens (including phenoxy) is 2. The minimum absolute atomic E-state index is 0.0123. The molecule has 0 aliphatic carbocycles. The Labute approximate surface area is 113 Å². The molecule has 0 radical (unpaired) electrons. The summed E-state index contributed by atoms with van der Waals surface area (Å²) in [6, 6.07) is 0. The monoisotopic (exact) mass is 280 g/mol.